The van der Waals surface area contributed by atoms with E-state index >= 15 is 0 Å². The Morgan fingerprint density at radius 3 is 2.67 bits per heavy atom. The first kappa shape index (κ1) is 17.9. The van der Waals surface area contributed by atoms with E-state index in [0.717, 1.165) is 30.1 Å². The average molecular weight is 331 g/mol. The van der Waals surface area contributed by atoms with Crippen molar-refractivity contribution in [3.8, 4) is 0 Å². The highest BCUT2D eigenvalue weighted by Crippen LogP contribution is 2.23. The molecule has 0 unspecified atom stereocenters. The number of nitrogens with zero attached hydrogens (tertiary/aromatic N) is 4. The number of carbonyl (C=O) groups is 2. The lowest BCUT2D eigenvalue weighted by Gasteiger charge is -2.16. The first-order valence-electron chi connectivity index (χ1n) is 8.17. The molecule has 0 saturated heterocycles. The van der Waals surface area contributed by atoms with Crippen molar-refractivity contribution in [3.05, 3.63) is 29.6 Å². The van der Waals surface area contributed by atoms with Crippen LogP contribution >= 0.6 is 0 Å². The van der Waals surface area contributed by atoms with Gasteiger partial charge in [0.25, 0.3) is 5.91 Å². The maximum Gasteiger partial charge on any atom is 0.252 e. The van der Waals surface area contributed by atoms with Crippen molar-refractivity contribution in [2.75, 3.05) is 38.6 Å². The number of fused-ring (bicyclic) bond motifs is 1. The summed E-state index contributed by atoms with van der Waals surface area (Å²) in [7, 11) is 3.92. The number of anilines is 1. The van der Waals surface area contributed by atoms with E-state index < -0.39 is 0 Å². The predicted molar refractivity (Wildman–Crippen MR) is 94.5 cm³/mol. The van der Waals surface area contributed by atoms with Crippen LogP contribution < -0.4 is 10.2 Å². The number of nitrogens with one attached hydrogen (secondary N) is 1. The van der Waals surface area contributed by atoms with Gasteiger partial charge in [0.05, 0.1) is 11.3 Å². The van der Waals surface area contributed by atoms with Gasteiger partial charge in [-0.25, -0.2) is 4.98 Å². The third kappa shape index (κ3) is 3.73. The highest BCUT2D eigenvalue weighted by atomic mass is 16.1. The number of amides is 2. The number of imidazole rings is 1. The molecule has 7 nitrogen and oxygen atoms in total. The second kappa shape index (κ2) is 7.92. The summed E-state index contributed by atoms with van der Waals surface area (Å²) in [5, 5.41) is 2.89. The van der Waals surface area contributed by atoms with Crippen LogP contribution in [0.3, 0.4) is 0 Å². The van der Waals surface area contributed by atoms with E-state index in [-0.39, 0.29) is 5.91 Å². The molecule has 0 spiro atoms. The van der Waals surface area contributed by atoms with Crippen molar-refractivity contribution in [1.29, 1.82) is 0 Å². The highest BCUT2D eigenvalue weighted by Gasteiger charge is 2.17. The van der Waals surface area contributed by atoms with Crippen LogP contribution in [-0.2, 0) is 11.2 Å². The molecule has 1 N–H and O–H groups in total. The van der Waals surface area contributed by atoms with Crippen molar-refractivity contribution in [2.45, 2.75) is 20.3 Å². The van der Waals surface area contributed by atoms with E-state index in [1.54, 1.807) is 17.2 Å². The van der Waals surface area contributed by atoms with Gasteiger partial charge in [-0.2, -0.15) is 0 Å². The van der Waals surface area contributed by atoms with E-state index in [4.69, 9.17) is 0 Å². The van der Waals surface area contributed by atoms with Gasteiger partial charge in [-0.3, -0.25) is 18.9 Å². The van der Waals surface area contributed by atoms with E-state index in [0.29, 0.717) is 25.1 Å². The van der Waals surface area contributed by atoms with Crippen molar-refractivity contribution in [1.82, 2.24) is 19.6 Å². The molecule has 0 fully saturated rings. The summed E-state index contributed by atoms with van der Waals surface area (Å²) in [6, 6.07) is 3.57. The molecule has 2 aromatic heterocycles. The van der Waals surface area contributed by atoms with Crippen LogP contribution in [0.15, 0.2) is 18.3 Å². The molecule has 2 rings (SSSR count). The Kier molecular flexibility index (Phi) is 5.92. The first-order chi connectivity index (χ1) is 11.5. The van der Waals surface area contributed by atoms with Gasteiger partial charge in [0.15, 0.2) is 0 Å². The van der Waals surface area contributed by atoms with Crippen LogP contribution in [0.5, 0.6) is 0 Å². The molecule has 0 bridgehead atoms. The maximum atomic E-state index is 12.3. The van der Waals surface area contributed by atoms with Crippen molar-refractivity contribution >= 4 is 23.8 Å². The van der Waals surface area contributed by atoms with Crippen LogP contribution in [0.4, 0.5) is 5.82 Å². The summed E-state index contributed by atoms with van der Waals surface area (Å²) < 4.78 is 1.82. The smallest absolute Gasteiger partial charge is 0.252 e. The fourth-order valence-corrected chi connectivity index (χ4v) is 2.53. The van der Waals surface area contributed by atoms with E-state index in [1.807, 2.05) is 43.3 Å². The quantitative estimate of drug-likeness (QED) is 0.737. The maximum absolute atomic E-state index is 12.3. The molecule has 0 aliphatic rings. The molecule has 0 radical (unpaired) electrons. The lowest BCUT2D eigenvalue weighted by atomic mass is 10.2. The standard InChI is InChI=1S/C17H25N5O2/c1-5-14-17(21(6-2)12-23)22-11-13(7-8-15(22)19-14)16(24)18-9-10-20(3)4/h7-8,11-12H,5-6,9-10H2,1-4H3,(H,18,24). The number of hydrogen-bond acceptors (Lipinski definition) is 4. The van der Waals surface area contributed by atoms with Crippen LogP contribution in [0.25, 0.3) is 5.65 Å². The monoisotopic (exact) mass is 331 g/mol. The Balaban J connectivity index is 2.36. The van der Waals surface area contributed by atoms with E-state index in [9.17, 15) is 9.59 Å². The third-order valence-electron chi connectivity index (χ3n) is 3.84. The summed E-state index contributed by atoms with van der Waals surface area (Å²) in [6.45, 7) is 5.81. The number of aryl methyl sites for hydroxylation is 1. The number of carbonyl (C=O) groups excluding carboxylic acids is 2. The molecule has 0 aromatic carbocycles. The van der Waals surface area contributed by atoms with Gasteiger partial charge < -0.3 is 10.2 Å². The van der Waals surface area contributed by atoms with Gasteiger partial charge in [0, 0.05) is 25.8 Å². The normalized spacial score (nSPS) is 11.0. The first-order valence-corrected chi connectivity index (χ1v) is 8.17. The Labute approximate surface area is 142 Å². The SMILES string of the molecule is CCc1nc2ccc(C(=O)NCCN(C)C)cn2c1N(C=O)CC. The zero-order valence-electron chi connectivity index (χ0n) is 14.7. The summed E-state index contributed by atoms with van der Waals surface area (Å²) in [6.07, 6.45) is 3.26. The molecule has 2 heterocycles. The molecular weight excluding hydrogens is 306 g/mol. The molecule has 0 aliphatic heterocycles. The van der Waals surface area contributed by atoms with Crippen LogP contribution in [-0.4, -0.2) is 60.3 Å². The minimum atomic E-state index is -0.134. The van der Waals surface area contributed by atoms with Crippen LogP contribution in [0.1, 0.15) is 29.9 Å². The molecule has 0 saturated carbocycles. The number of likely N-dealkylation sites (N-methyl/N-ethyl adjacent to an activating group) is 1. The molecule has 130 valence electrons. The van der Waals surface area contributed by atoms with E-state index in [2.05, 4.69) is 10.3 Å². The lowest BCUT2D eigenvalue weighted by Crippen LogP contribution is -2.31. The minimum absolute atomic E-state index is 0.134. The van der Waals surface area contributed by atoms with Gasteiger partial charge in [-0.1, -0.05) is 6.92 Å². The van der Waals surface area contributed by atoms with Crippen molar-refractivity contribution in [3.63, 3.8) is 0 Å². The van der Waals surface area contributed by atoms with Crippen molar-refractivity contribution < 1.29 is 9.59 Å². The lowest BCUT2D eigenvalue weighted by molar-refractivity contribution is -0.107. The summed E-state index contributed by atoms with van der Waals surface area (Å²) >= 11 is 0. The molecule has 2 aromatic rings. The fourth-order valence-electron chi connectivity index (χ4n) is 2.53. The Hall–Kier alpha value is -2.41. The van der Waals surface area contributed by atoms with Crippen LogP contribution in [0.2, 0.25) is 0 Å². The highest BCUT2D eigenvalue weighted by molar-refractivity contribution is 5.94. The van der Waals surface area contributed by atoms with Gasteiger partial charge >= 0.3 is 0 Å². The van der Waals surface area contributed by atoms with E-state index in [1.165, 1.54) is 0 Å². The Morgan fingerprint density at radius 2 is 2.08 bits per heavy atom. The molecule has 0 atom stereocenters. The topological polar surface area (TPSA) is 70.0 Å². The Bertz CT molecular complexity index is 723. The summed E-state index contributed by atoms with van der Waals surface area (Å²) in [5.74, 6) is 0.596. The number of aromatic nitrogens is 2. The summed E-state index contributed by atoms with van der Waals surface area (Å²) in [5.41, 5.74) is 2.12. The second-order valence-electron chi connectivity index (χ2n) is 5.83. The van der Waals surface area contributed by atoms with Crippen molar-refractivity contribution in [2.24, 2.45) is 0 Å². The fraction of sp³-hybridized carbons (Fsp3) is 0.471. The predicted octanol–water partition coefficient (Wildman–Crippen LogP) is 1.17. The van der Waals surface area contributed by atoms with Gasteiger partial charge in [0.2, 0.25) is 6.41 Å². The largest absolute Gasteiger partial charge is 0.351 e. The third-order valence-corrected chi connectivity index (χ3v) is 3.84. The van der Waals surface area contributed by atoms with Gasteiger partial charge in [-0.15, -0.1) is 0 Å². The van der Waals surface area contributed by atoms with Gasteiger partial charge in [0.1, 0.15) is 11.5 Å². The molecular formula is C17H25N5O2. The zero-order valence-corrected chi connectivity index (χ0v) is 14.7. The Morgan fingerprint density at radius 1 is 1.33 bits per heavy atom. The number of hydrogen-bond donors (Lipinski definition) is 1. The summed E-state index contributed by atoms with van der Waals surface area (Å²) in [4.78, 5) is 31.9. The molecule has 24 heavy (non-hydrogen) atoms. The zero-order chi connectivity index (χ0) is 17.7. The molecule has 0 aliphatic carbocycles. The number of pyridine rings is 1. The average Bonchev–Trinajstić information content (AvgIpc) is 2.93. The van der Waals surface area contributed by atoms with Gasteiger partial charge in [-0.05, 0) is 39.6 Å². The number of rotatable bonds is 8. The minimum Gasteiger partial charge on any atom is -0.351 e. The molecule has 2 amide bonds. The molecule has 7 heteroatoms. The second-order valence-corrected chi connectivity index (χ2v) is 5.83. The van der Waals surface area contributed by atoms with Crippen LogP contribution in [0, 0.1) is 0 Å².